The molecule has 0 bridgehead atoms. The minimum Gasteiger partial charge on any atom is -0.327 e. The first-order valence-electron chi connectivity index (χ1n) is 7.17. The molecule has 1 amide bonds. The number of nitrogens with one attached hydrogen (secondary N) is 1. The fourth-order valence-electron chi connectivity index (χ4n) is 2.37. The molecule has 1 aliphatic rings. The van der Waals surface area contributed by atoms with Crippen molar-refractivity contribution in [3.05, 3.63) is 42.5 Å². The van der Waals surface area contributed by atoms with Crippen LogP contribution in [0.25, 0.3) is 0 Å². The summed E-state index contributed by atoms with van der Waals surface area (Å²) in [5.41, 5.74) is 7.83. The summed E-state index contributed by atoms with van der Waals surface area (Å²) >= 11 is 0. The molecule has 0 spiro atoms. The van der Waals surface area contributed by atoms with E-state index in [0.29, 0.717) is 18.9 Å². The van der Waals surface area contributed by atoms with Crippen LogP contribution in [0.2, 0.25) is 0 Å². The number of hydrogen-bond donors (Lipinski definition) is 2. The molecular weight excluding hydrogens is 266 g/mol. The van der Waals surface area contributed by atoms with Crippen LogP contribution in [-0.2, 0) is 11.3 Å². The highest BCUT2D eigenvalue weighted by Crippen LogP contribution is 2.32. The van der Waals surface area contributed by atoms with Crippen molar-refractivity contribution in [3.63, 3.8) is 0 Å². The SMILES string of the molecule is NC(CC(=O)Nc1cccc(Cn2cncn2)c1)C1CC1. The molecular formula is C15H19N5O. The first-order valence-corrected chi connectivity index (χ1v) is 7.17. The molecule has 1 heterocycles. The van der Waals surface area contributed by atoms with E-state index in [4.69, 9.17) is 5.73 Å². The largest absolute Gasteiger partial charge is 0.327 e. The van der Waals surface area contributed by atoms with Gasteiger partial charge in [-0.15, -0.1) is 0 Å². The average Bonchev–Trinajstić information content (AvgIpc) is 3.18. The van der Waals surface area contributed by atoms with Crippen LogP contribution in [0, 0.1) is 5.92 Å². The van der Waals surface area contributed by atoms with Crippen molar-refractivity contribution in [1.29, 1.82) is 0 Å². The van der Waals surface area contributed by atoms with Gasteiger partial charge in [0.1, 0.15) is 12.7 Å². The maximum absolute atomic E-state index is 12.0. The summed E-state index contributed by atoms with van der Waals surface area (Å²) in [6.07, 6.45) is 5.87. The first-order chi connectivity index (χ1) is 10.2. The molecule has 0 aliphatic heterocycles. The third-order valence-electron chi connectivity index (χ3n) is 3.67. The van der Waals surface area contributed by atoms with E-state index in [2.05, 4.69) is 15.4 Å². The summed E-state index contributed by atoms with van der Waals surface area (Å²) in [5, 5.41) is 6.98. The van der Waals surface area contributed by atoms with Gasteiger partial charge in [0, 0.05) is 18.2 Å². The second kappa shape index (κ2) is 6.05. The number of carbonyl (C=O) groups excluding carboxylic acids is 1. The Kier molecular flexibility index (Phi) is 3.96. The van der Waals surface area contributed by atoms with Gasteiger partial charge in [0.25, 0.3) is 0 Å². The van der Waals surface area contributed by atoms with Crippen LogP contribution in [0.4, 0.5) is 5.69 Å². The number of nitrogens with two attached hydrogens (primary N) is 1. The van der Waals surface area contributed by atoms with Crippen molar-refractivity contribution >= 4 is 11.6 Å². The Bertz CT molecular complexity index is 606. The van der Waals surface area contributed by atoms with E-state index in [-0.39, 0.29) is 11.9 Å². The lowest BCUT2D eigenvalue weighted by molar-refractivity contribution is -0.116. The smallest absolute Gasteiger partial charge is 0.225 e. The molecule has 1 aromatic carbocycles. The summed E-state index contributed by atoms with van der Waals surface area (Å²) in [6, 6.07) is 7.73. The number of nitrogens with zero attached hydrogens (tertiary/aromatic N) is 3. The maximum Gasteiger partial charge on any atom is 0.225 e. The highest BCUT2D eigenvalue weighted by molar-refractivity contribution is 5.91. The summed E-state index contributed by atoms with van der Waals surface area (Å²) < 4.78 is 1.74. The molecule has 110 valence electrons. The summed E-state index contributed by atoms with van der Waals surface area (Å²) in [4.78, 5) is 15.9. The lowest BCUT2D eigenvalue weighted by Gasteiger charge is -2.11. The molecule has 0 saturated heterocycles. The van der Waals surface area contributed by atoms with Crippen LogP contribution < -0.4 is 11.1 Å². The normalized spacial score (nSPS) is 15.7. The maximum atomic E-state index is 12.0. The van der Waals surface area contributed by atoms with Gasteiger partial charge in [-0.1, -0.05) is 12.1 Å². The van der Waals surface area contributed by atoms with Gasteiger partial charge in [0.05, 0.1) is 6.54 Å². The summed E-state index contributed by atoms with van der Waals surface area (Å²) in [7, 11) is 0. The molecule has 6 nitrogen and oxygen atoms in total. The number of benzene rings is 1. The van der Waals surface area contributed by atoms with Gasteiger partial charge in [0.15, 0.2) is 0 Å². The van der Waals surface area contributed by atoms with Crippen molar-refractivity contribution in [2.75, 3.05) is 5.32 Å². The van der Waals surface area contributed by atoms with E-state index in [1.165, 1.54) is 6.33 Å². The number of anilines is 1. The van der Waals surface area contributed by atoms with Crippen molar-refractivity contribution in [1.82, 2.24) is 14.8 Å². The van der Waals surface area contributed by atoms with Gasteiger partial charge >= 0.3 is 0 Å². The highest BCUT2D eigenvalue weighted by atomic mass is 16.1. The second-order valence-corrected chi connectivity index (χ2v) is 5.55. The molecule has 3 N–H and O–H groups in total. The fourth-order valence-corrected chi connectivity index (χ4v) is 2.37. The molecule has 0 radical (unpaired) electrons. The van der Waals surface area contributed by atoms with Gasteiger partial charge in [-0.25, -0.2) is 9.67 Å². The number of carbonyl (C=O) groups is 1. The number of rotatable bonds is 6. The Morgan fingerprint density at radius 3 is 3.05 bits per heavy atom. The topological polar surface area (TPSA) is 85.8 Å². The molecule has 6 heteroatoms. The Balaban J connectivity index is 1.58. The Hall–Kier alpha value is -2.21. The van der Waals surface area contributed by atoms with Gasteiger partial charge in [-0.2, -0.15) is 5.10 Å². The quantitative estimate of drug-likeness (QED) is 0.840. The monoisotopic (exact) mass is 285 g/mol. The van der Waals surface area contributed by atoms with Crippen molar-refractivity contribution in [2.24, 2.45) is 11.7 Å². The van der Waals surface area contributed by atoms with Crippen LogP contribution in [0.3, 0.4) is 0 Å². The molecule has 1 saturated carbocycles. The van der Waals surface area contributed by atoms with Gasteiger partial charge < -0.3 is 11.1 Å². The van der Waals surface area contributed by atoms with Crippen LogP contribution in [-0.4, -0.2) is 26.7 Å². The lowest BCUT2D eigenvalue weighted by atomic mass is 10.1. The zero-order valence-corrected chi connectivity index (χ0v) is 11.8. The minimum atomic E-state index is -0.0210. The van der Waals surface area contributed by atoms with E-state index in [0.717, 1.165) is 24.1 Å². The molecule has 1 aliphatic carbocycles. The Labute approximate surface area is 123 Å². The van der Waals surface area contributed by atoms with Gasteiger partial charge in [0.2, 0.25) is 5.91 Å². The second-order valence-electron chi connectivity index (χ2n) is 5.55. The van der Waals surface area contributed by atoms with E-state index in [9.17, 15) is 4.79 Å². The predicted octanol–water partition coefficient (Wildman–Crippen LogP) is 1.39. The van der Waals surface area contributed by atoms with Crippen molar-refractivity contribution in [2.45, 2.75) is 31.8 Å². The average molecular weight is 285 g/mol. The third-order valence-corrected chi connectivity index (χ3v) is 3.67. The molecule has 1 unspecified atom stereocenters. The molecule has 1 atom stereocenters. The van der Waals surface area contributed by atoms with Gasteiger partial charge in [-0.05, 0) is 36.5 Å². The van der Waals surface area contributed by atoms with E-state index in [1.54, 1.807) is 11.0 Å². The Morgan fingerprint density at radius 2 is 2.33 bits per heavy atom. The van der Waals surface area contributed by atoms with Crippen LogP contribution >= 0.6 is 0 Å². The standard InChI is InChI=1S/C15H19N5O/c16-14(12-4-5-12)7-15(21)19-13-3-1-2-11(6-13)8-20-10-17-9-18-20/h1-3,6,9-10,12,14H,4-5,7-8,16H2,(H,19,21). The summed E-state index contributed by atoms with van der Waals surface area (Å²) in [6.45, 7) is 0.630. The fraction of sp³-hybridized carbons (Fsp3) is 0.400. The number of aromatic nitrogens is 3. The van der Waals surface area contributed by atoms with E-state index >= 15 is 0 Å². The molecule has 3 rings (SSSR count). The van der Waals surface area contributed by atoms with Crippen LogP contribution in [0.5, 0.6) is 0 Å². The van der Waals surface area contributed by atoms with E-state index < -0.39 is 0 Å². The minimum absolute atomic E-state index is 0.0108. The van der Waals surface area contributed by atoms with Crippen molar-refractivity contribution < 1.29 is 4.79 Å². The Morgan fingerprint density at radius 1 is 1.48 bits per heavy atom. The zero-order valence-electron chi connectivity index (χ0n) is 11.8. The van der Waals surface area contributed by atoms with E-state index in [1.807, 2.05) is 24.3 Å². The first kappa shape index (κ1) is 13.8. The highest BCUT2D eigenvalue weighted by Gasteiger charge is 2.29. The number of hydrogen-bond acceptors (Lipinski definition) is 4. The zero-order chi connectivity index (χ0) is 14.7. The molecule has 2 aromatic rings. The third kappa shape index (κ3) is 3.88. The summed E-state index contributed by atoms with van der Waals surface area (Å²) in [5.74, 6) is 0.515. The van der Waals surface area contributed by atoms with Crippen molar-refractivity contribution in [3.8, 4) is 0 Å². The number of amides is 1. The predicted molar refractivity (Wildman–Crippen MR) is 79.5 cm³/mol. The molecule has 1 aromatic heterocycles. The molecule has 21 heavy (non-hydrogen) atoms. The van der Waals surface area contributed by atoms with Gasteiger partial charge in [-0.3, -0.25) is 4.79 Å². The van der Waals surface area contributed by atoms with Crippen LogP contribution in [0.1, 0.15) is 24.8 Å². The lowest BCUT2D eigenvalue weighted by Crippen LogP contribution is -2.28. The van der Waals surface area contributed by atoms with Crippen LogP contribution in [0.15, 0.2) is 36.9 Å². The molecule has 1 fully saturated rings.